The van der Waals surface area contributed by atoms with Crippen LogP contribution in [0.2, 0.25) is 0 Å². The number of hydrogen-bond acceptors (Lipinski definition) is 3. The highest BCUT2D eigenvalue weighted by molar-refractivity contribution is 5.53. The van der Waals surface area contributed by atoms with E-state index in [1.54, 1.807) is 0 Å². The molecule has 90 valence electrons. The quantitative estimate of drug-likeness (QED) is 0.866. The van der Waals surface area contributed by atoms with Crippen LogP contribution in [-0.4, -0.2) is 16.8 Å². The molecule has 0 aliphatic rings. The van der Waals surface area contributed by atoms with Crippen LogP contribution in [0.5, 0.6) is 0 Å². The van der Waals surface area contributed by atoms with E-state index in [4.69, 9.17) is 5.73 Å². The van der Waals surface area contributed by atoms with Crippen molar-refractivity contribution >= 4 is 5.69 Å². The molecule has 0 atom stereocenters. The zero-order valence-electron chi connectivity index (χ0n) is 10.3. The second kappa shape index (κ2) is 5.01. The van der Waals surface area contributed by atoms with Gasteiger partial charge >= 0.3 is 0 Å². The summed E-state index contributed by atoms with van der Waals surface area (Å²) in [6, 6.07) is 10.2. The molecule has 0 aliphatic heterocycles. The third-order valence-electron chi connectivity index (χ3n) is 2.79. The third-order valence-corrected chi connectivity index (χ3v) is 2.79. The molecule has 0 aliphatic carbocycles. The van der Waals surface area contributed by atoms with Gasteiger partial charge in [0.05, 0.1) is 12.2 Å². The highest BCUT2D eigenvalue weighted by atomic mass is 15.3. The van der Waals surface area contributed by atoms with Crippen LogP contribution < -0.4 is 10.6 Å². The van der Waals surface area contributed by atoms with Crippen LogP contribution in [0, 0.1) is 0 Å². The summed E-state index contributed by atoms with van der Waals surface area (Å²) >= 11 is 0. The van der Waals surface area contributed by atoms with Crippen molar-refractivity contribution in [2.45, 2.75) is 13.1 Å². The van der Waals surface area contributed by atoms with Gasteiger partial charge in [-0.05, 0) is 17.7 Å². The Morgan fingerprint density at radius 1 is 1.29 bits per heavy atom. The summed E-state index contributed by atoms with van der Waals surface area (Å²) in [4.78, 5) is 2.17. The van der Waals surface area contributed by atoms with Gasteiger partial charge in [0.2, 0.25) is 0 Å². The summed E-state index contributed by atoms with van der Waals surface area (Å²) in [6.07, 6.45) is 1.96. The SMILES string of the molecule is CN(Cc1ccn(C)n1)c1ccccc1CN. The minimum atomic E-state index is 0.558. The fraction of sp³-hybridized carbons (Fsp3) is 0.308. The summed E-state index contributed by atoms with van der Waals surface area (Å²) in [7, 11) is 3.99. The van der Waals surface area contributed by atoms with Gasteiger partial charge in [0.1, 0.15) is 0 Å². The van der Waals surface area contributed by atoms with Crippen LogP contribution >= 0.6 is 0 Å². The Morgan fingerprint density at radius 2 is 2.06 bits per heavy atom. The number of aromatic nitrogens is 2. The first kappa shape index (κ1) is 11.7. The molecule has 1 aromatic heterocycles. The average molecular weight is 230 g/mol. The maximum atomic E-state index is 5.74. The zero-order valence-corrected chi connectivity index (χ0v) is 10.3. The molecule has 1 aromatic carbocycles. The zero-order chi connectivity index (χ0) is 12.3. The molecule has 0 bridgehead atoms. The van der Waals surface area contributed by atoms with E-state index in [2.05, 4.69) is 29.2 Å². The molecule has 0 radical (unpaired) electrons. The van der Waals surface area contributed by atoms with Crippen molar-refractivity contribution in [3.05, 3.63) is 47.8 Å². The maximum Gasteiger partial charge on any atom is 0.0817 e. The van der Waals surface area contributed by atoms with E-state index in [-0.39, 0.29) is 0 Å². The lowest BCUT2D eigenvalue weighted by Gasteiger charge is -2.21. The first-order valence-electron chi connectivity index (χ1n) is 5.68. The molecule has 0 amide bonds. The van der Waals surface area contributed by atoms with Crippen molar-refractivity contribution in [3.63, 3.8) is 0 Å². The van der Waals surface area contributed by atoms with Gasteiger partial charge in [-0.25, -0.2) is 0 Å². The Kier molecular flexibility index (Phi) is 3.44. The van der Waals surface area contributed by atoms with E-state index in [0.717, 1.165) is 17.8 Å². The van der Waals surface area contributed by atoms with E-state index < -0.39 is 0 Å². The predicted molar refractivity (Wildman–Crippen MR) is 69.6 cm³/mol. The summed E-state index contributed by atoms with van der Waals surface area (Å²) in [5.74, 6) is 0. The van der Waals surface area contributed by atoms with Gasteiger partial charge in [0.15, 0.2) is 0 Å². The normalized spacial score (nSPS) is 10.5. The van der Waals surface area contributed by atoms with Crippen molar-refractivity contribution in [1.29, 1.82) is 0 Å². The molecular weight excluding hydrogens is 212 g/mol. The number of nitrogens with two attached hydrogens (primary N) is 1. The second-order valence-corrected chi connectivity index (χ2v) is 4.17. The van der Waals surface area contributed by atoms with Crippen molar-refractivity contribution < 1.29 is 0 Å². The van der Waals surface area contributed by atoms with Crippen LogP contribution in [0.25, 0.3) is 0 Å². The highest BCUT2D eigenvalue weighted by Gasteiger charge is 2.07. The number of anilines is 1. The molecule has 0 fully saturated rings. The van der Waals surface area contributed by atoms with Crippen LogP contribution in [0.3, 0.4) is 0 Å². The Labute approximate surface area is 102 Å². The molecule has 0 spiro atoms. The highest BCUT2D eigenvalue weighted by Crippen LogP contribution is 2.19. The Bertz CT molecular complexity index is 490. The molecule has 17 heavy (non-hydrogen) atoms. The Balaban J connectivity index is 2.16. The molecule has 0 saturated carbocycles. The van der Waals surface area contributed by atoms with Crippen molar-refractivity contribution in [2.75, 3.05) is 11.9 Å². The van der Waals surface area contributed by atoms with Gasteiger partial charge in [0.25, 0.3) is 0 Å². The van der Waals surface area contributed by atoms with Gasteiger partial charge in [0, 0.05) is 32.5 Å². The minimum absolute atomic E-state index is 0.558. The van der Waals surface area contributed by atoms with Crippen LogP contribution in [-0.2, 0) is 20.1 Å². The number of rotatable bonds is 4. The van der Waals surface area contributed by atoms with E-state index in [1.165, 1.54) is 5.69 Å². The van der Waals surface area contributed by atoms with Crippen molar-refractivity contribution in [1.82, 2.24) is 9.78 Å². The molecule has 4 heteroatoms. The number of benzene rings is 1. The van der Waals surface area contributed by atoms with Gasteiger partial charge in [-0.1, -0.05) is 18.2 Å². The molecule has 2 rings (SSSR count). The standard InChI is InChI=1S/C13H18N4/c1-16(10-12-7-8-17(2)15-12)13-6-4-3-5-11(13)9-14/h3-8H,9-10,14H2,1-2H3. The number of aryl methyl sites for hydroxylation is 1. The third kappa shape index (κ3) is 2.65. The minimum Gasteiger partial charge on any atom is -0.368 e. The first-order chi connectivity index (χ1) is 8.20. The van der Waals surface area contributed by atoms with E-state index in [9.17, 15) is 0 Å². The monoisotopic (exact) mass is 230 g/mol. The van der Waals surface area contributed by atoms with Gasteiger partial charge in [-0.2, -0.15) is 5.10 Å². The van der Waals surface area contributed by atoms with Crippen molar-refractivity contribution in [2.24, 2.45) is 12.8 Å². The predicted octanol–water partition coefficient (Wildman–Crippen LogP) is 1.52. The van der Waals surface area contributed by atoms with Gasteiger partial charge in [-0.15, -0.1) is 0 Å². The Morgan fingerprint density at radius 3 is 2.71 bits per heavy atom. The topological polar surface area (TPSA) is 47.1 Å². The van der Waals surface area contributed by atoms with Crippen LogP contribution in [0.1, 0.15) is 11.3 Å². The molecular formula is C13H18N4. The summed E-state index contributed by atoms with van der Waals surface area (Å²) < 4.78 is 1.82. The lowest BCUT2D eigenvalue weighted by Crippen LogP contribution is -2.19. The number of para-hydroxylation sites is 1. The number of nitrogens with zero attached hydrogens (tertiary/aromatic N) is 3. The average Bonchev–Trinajstić information content (AvgIpc) is 2.74. The van der Waals surface area contributed by atoms with E-state index in [0.29, 0.717) is 6.54 Å². The molecule has 4 nitrogen and oxygen atoms in total. The maximum absolute atomic E-state index is 5.74. The fourth-order valence-electron chi connectivity index (χ4n) is 1.93. The van der Waals surface area contributed by atoms with Gasteiger partial charge in [-0.3, -0.25) is 4.68 Å². The Hall–Kier alpha value is -1.81. The number of hydrogen-bond donors (Lipinski definition) is 1. The lowest BCUT2D eigenvalue weighted by atomic mass is 10.1. The lowest BCUT2D eigenvalue weighted by molar-refractivity contribution is 0.733. The summed E-state index contributed by atoms with van der Waals surface area (Å²) in [6.45, 7) is 1.35. The molecule has 2 aromatic rings. The molecule has 1 heterocycles. The molecule has 2 N–H and O–H groups in total. The summed E-state index contributed by atoms with van der Waals surface area (Å²) in [5.41, 5.74) is 9.12. The van der Waals surface area contributed by atoms with Gasteiger partial charge < -0.3 is 10.6 Å². The van der Waals surface area contributed by atoms with Crippen LogP contribution in [0.15, 0.2) is 36.5 Å². The molecule has 0 saturated heterocycles. The smallest absolute Gasteiger partial charge is 0.0817 e. The second-order valence-electron chi connectivity index (χ2n) is 4.17. The van der Waals surface area contributed by atoms with Crippen molar-refractivity contribution in [3.8, 4) is 0 Å². The fourth-order valence-corrected chi connectivity index (χ4v) is 1.93. The van der Waals surface area contributed by atoms with E-state index >= 15 is 0 Å². The molecule has 0 unspecified atom stereocenters. The summed E-state index contributed by atoms with van der Waals surface area (Å²) in [5, 5.41) is 4.38. The first-order valence-corrected chi connectivity index (χ1v) is 5.68. The largest absolute Gasteiger partial charge is 0.368 e. The van der Waals surface area contributed by atoms with Crippen LogP contribution in [0.4, 0.5) is 5.69 Å². The van der Waals surface area contributed by atoms with E-state index in [1.807, 2.05) is 36.1 Å².